The minimum absolute atomic E-state index is 0.119. The van der Waals surface area contributed by atoms with E-state index in [2.05, 4.69) is 17.2 Å². The van der Waals surface area contributed by atoms with Gasteiger partial charge in [-0.25, -0.2) is 8.42 Å². The van der Waals surface area contributed by atoms with E-state index in [9.17, 15) is 13.2 Å². The minimum atomic E-state index is -3.15. The second-order valence-corrected chi connectivity index (χ2v) is 7.26. The second-order valence-electron chi connectivity index (χ2n) is 4.67. The van der Waals surface area contributed by atoms with Gasteiger partial charge < -0.3 is 11.1 Å². The molecule has 1 unspecified atom stereocenters. The fourth-order valence-electron chi connectivity index (χ4n) is 1.71. The molecule has 1 rings (SSSR count). The van der Waals surface area contributed by atoms with Crippen molar-refractivity contribution >= 4 is 27.3 Å². The summed E-state index contributed by atoms with van der Waals surface area (Å²) in [4.78, 5) is 12.0. The predicted molar refractivity (Wildman–Crippen MR) is 84.0 cm³/mol. The number of amides is 1. The van der Waals surface area contributed by atoms with Crippen molar-refractivity contribution in [2.24, 2.45) is 5.73 Å². The molecule has 3 N–H and O–H groups in total. The zero-order chi connectivity index (χ0) is 16.0. The number of nitrogens with two attached hydrogens (primary N) is 1. The normalized spacial score (nSPS) is 12.2. The lowest BCUT2D eigenvalue weighted by Gasteiger charge is -2.13. The lowest BCUT2D eigenvalue weighted by molar-refractivity contribution is 0.0943. The lowest BCUT2D eigenvalue weighted by atomic mass is 10.1. The summed E-state index contributed by atoms with van der Waals surface area (Å²) in [5.41, 5.74) is 6.21. The van der Waals surface area contributed by atoms with Gasteiger partial charge in [0.15, 0.2) is 0 Å². The average Bonchev–Trinajstić information content (AvgIpc) is 2.34. The van der Waals surface area contributed by atoms with E-state index in [1.54, 1.807) is 19.1 Å². The Morgan fingerprint density at radius 3 is 2.67 bits per heavy atom. The fraction of sp³-hybridized carbons (Fsp3) is 0.357. The molecule has 0 fully saturated rings. The number of carbonyl (C=O) groups is 1. The van der Waals surface area contributed by atoms with E-state index in [1.165, 1.54) is 6.07 Å². The molecule has 5 nitrogen and oxygen atoms in total. The molecule has 1 atom stereocenters. The van der Waals surface area contributed by atoms with E-state index in [0.717, 1.165) is 6.26 Å². The van der Waals surface area contributed by atoms with Crippen molar-refractivity contribution in [2.45, 2.75) is 13.0 Å². The van der Waals surface area contributed by atoms with Crippen LogP contribution in [0.3, 0.4) is 0 Å². The van der Waals surface area contributed by atoms with Crippen molar-refractivity contribution in [3.05, 3.63) is 34.3 Å². The number of hydrogen-bond donors (Lipinski definition) is 2. The summed E-state index contributed by atoms with van der Waals surface area (Å²) in [5, 5.41) is 2.96. The highest BCUT2D eigenvalue weighted by molar-refractivity contribution is 7.90. The van der Waals surface area contributed by atoms with Gasteiger partial charge in [-0.15, -0.1) is 0 Å². The van der Waals surface area contributed by atoms with Crippen molar-refractivity contribution in [3.8, 4) is 11.8 Å². The third kappa shape index (κ3) is 6.17. The average molecular weight is 329 g/mol. The smallest absolute Gasteiger partial charge is 0.251 e. The van der Waals surface area contributed by atoms with E-state index in [4.69, 9.17) is 17.3 Å². The molecule has 0 saturated carbocycles. The molecule has 7 heteroatoms. The summed E-state index contributed by atoms with van der Waals surface area (Å²) in [7, 11) is -3.15. The molecule has 0 radical (unpaired) electrons. The van der Waals surface area contributed by atoms with Crippen LogP contribution in [0, 0.1) is 11.8 Å². The van der Waals surface area contributed by atoms with Gasteiger partial charge in [0.2, 0.25) is 0 Å². The van der Waals surface area contributed by atoms with Gasteiger partial charge in [-0.2, -0.15) is 0 Å². The van der Waals surface area contributed by atoms with E-state index in [0.29, 0.717) is 16.1 Å². The molecule has 21 heavy (non-hydrogen) atoms. The lowest BCUT2D eigenvalue weighted by Crippen LogP contribution is -2.37. The van der Waals surface area contributed by atoms with Gasteiger partial charge in [0.05, 0.1) is 17.3 Å². The Kier molecular flexibility index (Phi) is 6.21. The van der Waals surface area contributed by atoms with Gasteiger partial charge in [0.25, 0.3) is 5.91 Å². The Labute approximate surface area is 129 Å². The second kappa shape index (κ2) is 7.46. The maximum atomic E-state index is 12.0. The van der Waals surface area contributed by atoms with Crippen molar-refractivity contribution in [3.63, 3.8) is 0 Å². The van der Waals surface area contributed by atoms with Gasteiger partial charge in [-0.05, 0) is 25.1 Å². The number of carbonyl (C=O) groups excluding carboxylic acids is 1. The third-order valence-electron chi connectivity index (χ3n) is 2.49. The maximum Gasteiger partial charge on any atom is 0.251 e. The Morgan fingerprint density at radius 2 is 2.14 bits per heavy atom. The number of sulfone groups is 1. The standard InChI is InChI=1S/C14H17ClN2O3S/c1-10(9-21(2,19)20)17-14(18)12-6-5-11(4-3-7-16)13(15)8-12/h5-6,8,10H,7,9,16H2,1-2H3,(H,17,18). The molecule has 0 aliphatic carbocycles. The largest absolute Gasteiger partial charge is 0.349 e. The zero-order valence-electron chi connectivity index (χ0n) is 11.8. The van der Waals surface area contributed by atoms with Crippen molar-refractivity contribution < 1.29 is 13.2 Å². The number of nitrogens with one attached hydrogen (secondary N) is 1. The molecule has 114 valence electrons. The summed E-state index contributed by atoms with van der Waals surface area (Å²) in [6, 6.07) is 4.21. The molecule has 1 amide bonds. The van der Waals surface area contributed by atoms with Gasteiger partial charge in [-0.1, -0.05) is 23.4 Å². The monoisotopic (exact) mass is 328 g/mol. The highest BCUT2D eigenvalue weighted by Crippen LogP contribution is 2.17. The van der Waals surface area contributed by atoms with Crippen LogP contribution in [0.15, 0.2) is 18.2 Å². The first-order valence-electron chi connectivity index (χ1n) is 6.20. The first kappa shape index (κ1) is 17.5. The van der Waals surface area contributed by atoms with E-state index >= 15 is 0 Å². The van der Waals surface area contributed by atoms with Gasteiger partial charge in [0, 0.05) is 23.4 Å². The maximum absolute atomic E-state index is 12.0. The van der Waals surface area contributed by atoms with Crippen LogP contribution in [0.5, 0.6) is 0 Å². The summed E-state index contributed by atoms with van der Waals surface area (Å²) in [6.07, 6.45) is 1.12. The van der Waals surface area contributed by atoms with E-state index < -0.39 is 15.9 Å². The highest BCUT2D eigenvalue weighted by Gasteiger charge is 2.15. The minimum Gasteiger partial charge on any atom is -0.349 e. The van der Waals surface area contributed by atoms with Crippen LogP contribution in [0.2, 0.25) is 5.02 Å². The number of halogens is 1. The quantitative estimate of drug-likeness (QED) is 0.801. The first-order chi connectivity index (χ1) is 9.73. The van der Waals surface area contributed by atoms with Gasteiger partial charge in [0.1, 0.15) is 9.84 Å². The van der Waals surface area contributed by atoms with Crippen LogP contribution in [-0.4, -0.2) is 38.9 Å². The molecule has 0 saturated heterocycles. The van der Waals surface area contributed by atoms with Crippen LogP contribution < -0.4 is 11.1 Å². The van der Waals surface area contributed by atoms with Gasteiger partial charge >= 0.3 is 0 Å². The zero-order valence-corrected chi connectivity index (χ0v) is 13.4. The Balaban J connectivity index is 2.82. The predicted octanol–water partition coefficient (Wildman–Crippen LogP) is 0.813. The number of benzene rings is 1. The van der Waals surface area contributed by atoms with Crippen LogP contribution in [-0.2, 0) is 9.84 Å². The Bertz CT molecular complexity index is 690. The third-order valence-corrected chi connectivity index (χ3v) is 3.90. The molecular formula is C14H17ClN2O3S. The summed E-state index contributed by atoms with van der Waals surface area (Å²) < 4.78 is 22.3. The molecule has 0 aromatic heterocycles. The molecule has 1 aromatic rings. The van der Waals surface area contributed by atoms with Crippen molar-refractivity contribution in [1.29, 1.82) is 0 Å². The Hall–Kier alpha value is -1.55. The molecule has 0 bridgehead atoms. The molecule has 0 aliphatic rings. The molecule has 0 heterocycles. The molecule has 1 aromatic carbocycles. The molecule has 0 aliphatic heterocycles. The fourth-order valence-corrected chi connectivity index (χ4v) is 2.93. The van der Waals surface area contributed by atoms with Gasteiger partial charge in [-0.3, -0.25) is 4.79 Å². The topological polar surface area (TPSA) is 89.3 Å². The van der Waals surface area contributed by atoms with Crippen LogP contribution in [0.1, 0.15) is 22.8 Å². The Morgan fingerprint density at radius 1 is 1.48 bits per heavy atom. The van der Waals surface area contributed by atoms with Crippen LogP contribution in [0.4, 0.5) is 0 Å². The SMILES string of the molecule is CC(CS(C)(=O)=O)NC(=O)c1ccc(C#CCN)c(Cl)c1. The summed E-state index contributed by atoms with van der Waals surface area (Å²) in [6.45, 7) is 1.85. The van der Waals surface area contributed by atoms with Crippen LogP contribution >= 0.6 is 11.6 Å². The highest BCUT2D eigenvalue weighted by atomic mass is 35.5. The van der Waals surface area contributed by atoms with E-state index in [1.807, 2.05) is 0 Å². The van der Waals surface area contributed by atoms with Crippen molar-refractivity contribution in [1.82, 2.24) is 5.32 Å². The molecule has 0 spiro atoms. The summed E-state index contributed by atoms with van der Waals surface area (Å²) in [5.74, 6) is 4.97. The van der Waals surface area contributed by atoms with Crippen molar-refractivity contribution in [2.75, 3.05) is 18.6 Å². The number of rotatable bonds is 4. The summed E-state index contributed by atoms with van der Waals surface area (Å²) >= 11 is 6.03. The van der Waals surface area contributed by atoms with E-state index in [-0.39, 0.29) is 18.2 Å². The van der Waals surface area contributed by atoms with Crippen LogP contribution in [0.25, 0.3) is 0 Å². The molecular weight excluding hydrogens is 312 g/mol. The number of hydrogen-bond acceptors (Lipinski definition) is 4. The first-order valence-corrected chi connectivity index (χ1v) is 8.64.